The summed E-state index contributed by atoms with van der Waals surface area (Å²) in [5.74, 6) is 0. The zero-order chi connectivity index (χ0) is 5.86. The van der Waals surface area contributed by atoms with Gasteiger partial charge in [0.2, 0.25) is 0 Å². The van der Waals surface area contributed by atoms with E-state index in [4.69, 9.17) is 0 Å². The van der Waals surface area contributed by atoms with Crippen molar-refractivity contribution >= 4 is 6.71 Å². The maximum Gasteiger partial charge on any atom is 0.163 e. The third kappa shape index (κ3) is 2.49. The van der Waals surface area contributed by atoms with Gasteiger partial charge in [0.15, 0.2) is 6.71 Å². The lowest BCUT2D eigenvalue weighted by atomic mass is 9.49. The van der Waals surface area contributed by atoms with Gasteiger partial charge in [-0.15, -0.1) is 5.47 Å². The van der Waals surface area contributed by atoms with E-state index >= 15 is 0 Å². The van der Waals surface area contributed by atoms with E-state index in [1.165, 1.54) is 5.47 Å². The van der Waals surface area contributed by atoms with Gasteiger partial charge in [-0.2, -0.15) is 0 Å². The Morgan fingerprint density at radius 2 is 1.86 bits per heavy atom. The highest BCUT2D eigenvalue weighted by Gasteiger charge is 1.96. The van der Waals surface area contributed by atoms with Gasteiger partial charge < -0.3 is 0 Å². The number of rotatable bonds is 1. The van der Waals surface area contributed by atoms with Crippen LogP contribution in [-0.4, -0.2) is 6.71 Å². The van der Waals surface area contributed by atoms with E-state index in [1.807, 2.05) is 0 Å². The molecule has 0 saturated heterocycles. The molecule has 0 unspecified atom stereocenters. The lowest BCUT2D eigenvalue weighted by molar-refractivity contribution is 1.54. The maximum atomic E-state index is 2.20. The average molecular weight is 96.0 g/mol. The van der Waals surface area contributed by atoms with Crippen LogP contribution < -0.4 is 0 Å². The molecule has 0 heterocycles. The molecule has 0 aromatic carbocycles. The molecular weight excluding hydrogens is 82.9 g/mol. The zero-order valence-electron chi connectivity index (χ0n) is 5.65. The van der Waals surface area contributed by atoms with E-state index < -0.39 is 0 Å². The summed E-state index contributed by atoms with van der Waals surface area (Å²) in [4.78, 5) is 0. The van der Waals surface area contributed by atoms with Crippen molar-refractivity contribution in [1.29, 1.82) is 0 Å². The molecule has 0 rings (SSSR count). The number of hydrogen-bond acceptors (Lipinski definition) is 0. The zero-order valence-corrected chi connectivity index (χ0v) is 5.65. The van der Waals surface area contributed by atoms with Crippen LogP contribution in [0.25, 0.3) is 0 Å². The minimum absolute atomic E-state index is 0.727. The SMILES string of the molecule is CC=C(C)B(C)C. The highest BCUT2D eigenvalue weighted by Crippen LogP contribution is 1.96. The van der Waals surface area contributed by atoms with Crippen molar-refractivity contribution in [3.8, 4) is 0 Å². The Balaban J connectivity index is 3.56. The summed E-state index contributed by atoms with van der Waals surface area (Å²) in [6.45, 7) is 9.37. The summed E-state index contributed by atoms with van der Waals surface area (Å²) in [6, 6.07) is 0. The molecular formula is C6H13B. The summed E-state index contributed by atoms with van der Waals surface area (Å²) in [5.41, 5.74) is 1.47. The molecule has 0 aliphatic heterocycles. The van der Waals surface area contributed by atoms with Gasteiger partial charge in [0.1, 0.15) is 0 Å². The minimum Gasteiger partial charge on any atom is -0.109 e. The van der Waals surface area contributed by atoms with E-state index in [2.05, 4.69) is 33.6 Å². The minimum atomic E-state index is 0.727. The van der Waals surface area contributed by atoms with Crippen molar-refractivity contribution in [3.63, 3.8) is 0 Å². The van der Waals surface area contributed by atoms with Crippen LogP contribution in [-0.2, 0) is 0 Å². The summed E-state index contributed by atoms with van der Waals surface area (Å²) < 4.78 is 0. The smallest absolute Gasteiger partial charge is 0.109 e. The molecule has 0 N–H and O–H groups in total. The highest BCUT2D eigenvalue weighted by atomic mass is 13.7. The van der Waals surface area contributed by atoms with Crippen molar-refractivity contribution in [2.24, 2.45) is 0 Å². The standard InChI is InChI=1S/C6H13B/c1-5-6(2)7(3)4/h5H,1-4H3. The topological polar surface area (TPSA) is 0 Å². The first-order valence-corrected chi connectivity index (χ1v) is 2.81. The summed E-state index contributed by atoms with van der Waals surface area (Å²) in [5, 5.41) is 0. The molecule has 1 heteroatoms. The van der Waals surface area contributed by atoms with Crippen molar-refractivity contribution in [2.45, 2.75) is 27.5 Å². The molecule has 0 aliphatic carbocycles. The van der Waals surface area contributed by atoms with Crippen LogP contribution in [0.2, 0.25) is 13.6 Å². The van der Waals surface area contributed by atoms with Gasteiger partial charge in [-0.05, 0) is 6.92 Å². The summed E-state index contributed by atoms with van der Waals surface area (Å²) in [6.07, 6.45) is 2.16. The van der Waals surface area contributed by atoms with Crippen molar-refractivity contribution in [3.05, 3.63) is 11.5 Å². The van der Waals surface area contributed by atoms with Gasteiger partial charge >= 0.3 is 0 Å². The van der Waals surface area contributed by atoms with E-state index in [-0.39, 0.29) is 0 Å². The van der Waals surface area contributed by atoms with Gasteiger partial charge in [0, 0.05) is 0 Å². The summed E-state index contributed by atoms with van der Waals surface area (Å²) >= 11 is 0. The molecule has 0 spiro atoms. The van der Waals surface area contributed by atoms with Gasteiger partial charge in [0.25, 0.3) is 0 Å². The second-order valence-electron chi connectivity index (χ2n) is 2.19. The average Bonchev–Trinajstić information content (AvgIpc) is 1.65. The van der Waals surface area contributed by atoms with Crippen LogP contribution >= 0.6 is 0 Å². The van der Waals surface area contributed by atoms with E-state index in [0.29, 0.717) is 0 Å². The Morgan fingerprint density at radius 3 is 1.86 bits per heavy atom. The Labute approximate surface area is 46.7 Å². The van der Waals surface area contributed by atoms with Gasteiger partial charge in [0.05, 0.1) is 0 Å². The first kappa shape index (κ1) is 6.80. The van der Waals surface area contributed by atoms with Crippen molar-refractivity contribution in [1.82, 2.24) is 0 Å². The van der Waals surface area contributed by atoms with Crippen LogP contribution in [0.15, 0.2) is 11.5 Å². The van der Waals surface area contributed by atoms with Gasteiger partial charge in [-0.25, -0.2) is 0 Å². The molecule has 0 aliphatic rings. The van der Waals surface area contributed by atoms with Gasteiger partial charge in [-0.3, -0.25) is 0 Å². The lowest BCUT2D eigenvalue weighted by Crippen LogP contribution is -2.00. The van der Waals surface area contributed by atoms with Crippen LogP contribution in [0, 0.1) is 0 Å². The van der Waals surface area contributed by atoms with Gasteiger partial charge in [-0.1, -0.05) is 26.6 Å². The molecule has 40 valence electrons. The largest absolute Gasteiger partial charge is 0.163 e. The molecule has 0 amide bonds. The molecule has 0 atom stereocenters. The molecule has 0 fully saturated rings. The Kier molecular flexibility index (Phi) is 2.81. The van der Waals surface area contributed by atoms with Crippen LogP contribution in [0.1, 0.15) is 13.8 Å². The first-order chi connectivity index (χ1) is 3.18. The van der Waals surface area contributed by atoms with Crippen LogP contribution in [0.3, 0.4) is 0 Å². The quantitative estimate of drug-likeness (QED) is 0.439. The van der Waals surface area contributed by atoms with E-state index in [9.17, 15) is 0 Å². The van der Waals surface area contributed by atoms with Crippen molar-refractivity contribution in [2.75, 3.05) is 0 Å². The fourth-order valence-corrected chi connectivity index (χ4v) is 0.333. The summed E-state index contributed by atoms with van der Waals surface area (Å²) in [7, 11) is 0. The second kappa shape index (κ2) is 2.89. The third-order valence-corrected chi connectivity index (χ3v) is 1.37. The molecule has 0 aromatic rings. The number of allylic oxidation sites excluding steroid dienone is 2. The van der Waals surface area contributed by atoms with Crippen LogP contribution in [0.5, 0.6) is 0 Å². The maximum absolute atomic E-state index is 2.20. The van der Waals surface area contributed by atoms with E-state index in [1.54, 1.807) is 0 Å². The molecule has 0 saturated carbocycles. The van der Waals surface area contributed by atoms with Crippen molar-refractivity contribution < 1.29 is 0 Å². The second-order valence-corrected chi connectivity index (χ2v) is 2.19. The predicted octanol–water partition coefficient (Wildman–Crippen LogP) is 2.25. The highest BCUT2D eigenvalue weighted by molar-refractivity contribution is 6.63. The Morgan fingerprint density at radius 1 is 1.43 bits per heavy atom. The van der Waals surface area contributed by atoms with E-state index in [0.717, 1.165) is 6.71 Å². The Bertz CT molecular complexity index is 72.2. The molecule has 7 heavy (non-hydrogen) atoms. The fraction of sp³-hybridized carbons (Fsp3) is 0.667. The number of hydrogen-bond donors (Lipinski definition) is 0. The lowest BCUT2D eigenvalue weighted by Gasteiger charge is -1.96. The monoisotopic (exact) mass is 96.1 g/mol. The predicted molar refractivity (Wildman–Crippen MR) is 36.9 cm³/mol. The Hall–Kier alpha value is -0.195. The molecule has 0 radical (unpaired) electrons. The third-order valence-electron chi connectivity index (χ3n) is 1.37. The van der Waals surface area contributed by atoms with Crippen LogP contribution in [0.4, 0.5) is 0 Å². The molecule has 0 bridgehead atoms. The molecule has 0 nitrogen and oxygen atoms in total. The molecule has 0 aromatic heterocycles. The fourth-order valence-electron chi connectivity index (χ4n) is 0.333. The first-order valence-electron chi connectivity index (χ1n) is 2.81. The normalized spacial score (nSPS) is 11.7.